The molecule has 0 spiro atoms. The van der Waals surface area contributed by atoms with Crippen molar-refractivity contribution in [2.45, 2.75) is 38.6 Å². The van der Waals surface area contributed by atoms with E-state index in [0.717, 1.165) is 19.3 Å². The number of hydrogen-bond donors (Lipinski definition) is 1. The highest BCUT2D eigenvalue weighted by Gasteiger charge is 2.24. The predicted molar refractivity (Wildman–Crippen MR) is 67.4 cm³/mol. The Morgan fingerprint density at radius 1 is 1.29 bits per heavy atom. The molecule has 0 aromatic carbocycles. The molecule has 1 saturated heterocycles. The van der Waals surface area contributed by atoms with Crippen LogP contribution in [0.15, 0.2) is 0 Å². The zero-order valence-electron chi connectivity index (χ0n) is 10.4. The van der Waals surface area contributed by atoms with E-state index in [-0.39, 0.29) is 23.5 Å². The standard InChI is InChI=1S/C11H22N2O3S/c1-2-10(12)8-17(15,16)9-11(14)13-6-4-3-5-7-13/h10H,2-9,12H2,1H3. The summed E-state index contributed by atoms with van der Waals surface area (Å²) in [4.78, 5) is 13.4. The fraction of sp³-hybridized carbons (Fsp3) is 0.909. The maximum atomic E-state index is 11.8. The number of carbonyl (C=O) groups is 1. The van der Waals surface area contributed by atoms with Gasteiger partial charge in [-0.2, -0.15) is 0 Å². The Balaban J connectivity index is 2.48. The topological polar surface area (TPSA) is 80.5 Å². The van der Waals surface area contributed by atoms with Gasteiger partial charge in [-0.15, -0.1) is 0 Å². The fourth-order valence-electron chi connectivity index (χ4n) is 1.93. The molecule has 1 amide bonds. The molecule has 17 heavy (non-hydrogen) atoms. The van der Waals surface area contributed by atoms with E-state index in [0.29, 0.717) is 19.5 Å². The van der Waals surface area contributed by atoms with Gasteiger partial charge in [0, 0.05) is 19.1 Å². The van der Waals surface area contributed by atoms with Gasteiger partial charge in [0.15, 0.2) is 9.84 Å². The molecule has 0 aromatic heterocycles. The van der Waals surface area contributed by atoms with E-state index in [4.69, 9.17) is 5.73 Å². The number of amides is 1. The average Bonchev–Trinajstić information content (AvgIpc) is 2.28. The summed E-state index contributed by atoms with van der Waals surface area (Å²) in [5.41, 5.74) is 5.61. The maximum absolute atomic E-state index is 11.8. The summed E-state index contributed by atoms with van der Waals surface area (Å²) in [6.45, 7) is 3.22. The summed E-state index contributed by atoms with van der Waals surface area (Å²) >= 11 is 0. The highest BCUT2D eigenvalue weighted by molar-refractivity contribution is 7.92. The van der Waals surface area contributed by atoms with Gasteiger partial charge in [-0.3, -0.25) is 4.79 Å². The molecule has 0 bridgehead atoms. The van der Waals surface area contributed by atoms with Crippen molar-refractivity contribution in [3.63, 3.8) is 0 Å². The van der Waals surface area contributed by atoms with Crippen molar-refractivity contribution in [2.75, 3.05) is 24.6 Å². The number of rotatable bonds is 5. The average molecular weight is 262 g/mol. The number of nitrogens with zero attached hydrogens (tertiary/aromatic N) is 1. The van der Waals surface area contributed by atoms with Crippen molar-refractivity contribution < 1.29 is 13.2 Å². The molecule has 1 heterocycles. The number of hydrogen-bond acceptors (Lipinski definition) is 4. The van der Waals surface area contributed by atoms with Gasteiger partial charge in [0.05, 0.1) is 5.75 Å². The fourth-order valence-corrected chi connectivity index (χ4v) is 3.49. The SMILES string of the molecule is CCC(N)CS(=O)(=O)CC(=O)N1CCCCC1. The molecular formula is C11H22N2O3S. The van der Waals surface area contributed by atoms with Gasteiger partial charge in [0.2, 0.25) is 5.91 Å². The lowest BCUT2D eigenvalue weighted by molar-refractivity contribution is -0.129. The Morgan fingerprint density at radius 2 is 1.88 bits per heavy atom. The minimum Gasteiger partial charge on any atom is -0.342 e. The molecule has 5 nitrogen and oxygen atoms in total. The normalized spacial score (nSPS) is 19.1. The lowest BCUT2D eigenvalue weighted by Crippen LogP contribution is -2.41. The van der Waals surface area contributed by atoms with Crippen LogP contribution in [0.4, 0.5) is 0 Å². The predicted octanol–water partition coefficient (Wildman–Crippen LogP) is 0.151. The number of carbonyl (C=O) groups excluding carboxylic acids is 1. The molecule has 6 heteroatoms. The first-order valence-electron chi connectivity index (χ1n) is 6.18. The third-order valence-electron chi connectivity index (χ3n) is 3.04. The third-order valence-corrected chi connectivity index (χ3v) is 4.67. The zero-order valence-corrected chi connectivity index (χ0v) is 11.2. The second-order valence-electron chi connectivity index (χ2n) is 4.66. The van der Waals surface area contributed by atoms with Gasteiger partial charge in [-0.25, -0.2) is 8.42 Å². The first kappa shape index (κ1) is 14.4. The monoisotopic (exact) mass is 262 g/mol. The van der Waals surface area contributed by atoms with E-state index < -0.39 is 9.84 Å². The lowest BCUT2D eigenvalue weighted by atomic mass is 10.1. The van der Waals surface area contributed by atoms with Crippen LogP contribution in [0.2, 0.25) is 0 Å². The van der Waals surface area contributed by atoms with Crippen LogP contribution in [-0.2, 0) is 14.6 Å². The Bertz CT molecular complexity index is 348. The van der Waals surface area contributed by atoms with Crippen LogP contribution in [0.5, 0.6) is 0 Å². The van der Waals surface area contributed by atoms with Gasteiger partial charge in [-0.1, -0.05) is 6.92 Å². The first-order valence-corrected chi connectivity index (χ1v) is 8.00. The summed E-state index contributed by atoms with van der Waals surface area (Å²) in [5, 5.41) is 0. The van der Waals surface area contributed by atoms with Gasteiger partial charge in [0.1, 0.15) is 5.75 Å². The number of piperidine rings is 1. The third kappa shape index (κ3) is 5.04. The van der Waals surface area contributed by atoms with Crippen molar-refractivity contribution in [1.29, 1.82) is 0 Å². The van der Waals surface area contributed by atoms with Crippen molar-refractivity contribution in [3.8, 4) is 0 Å². The van der Waals surface area contributed by atoms with Gasteiger partial charge in [-0.05, 0) is 25.7 Å². The van der Waals surface area contributed by atoms with Crippen LogP contribution in [0.3, 0.4) is 0 Å². The zero-order chi connectivity index (χ0) is 12.9. The molecule has 2 N–H and O–H groups in total. The van der Waals surface area contributed by atoms with Crippen LogP contribution in [-0.4, -0.2) is 49.9 Å². The molecule has 0 radical (unpaired) electrons. The van der Waals surface area contributed by atoms with E-state index in [9.17, 15) is 13.2 Å². The molecule has 1 unspecified atom stereocenters. The highest BCUT2D eigenvalue weighted by Crippen LogP contribution is 2.10. The Hall–Kier alpha value is -0.620. The summed E-state index contributed by atoms with van der Waals surface area (Å²) < 4.78 is 23.5. The van der Waals surface area contributed by atoms with Crippen LogP contribution in [0.25, 0.3) is 0 Å². The summed E-state index contributed by atoms with van der Waals surface area (Å²) in [7, 11) is -3.36. The van der Waals surface area contributed by atoms with Crippen LogP contribution in [0.1, 0.15) is 32.6 Å². The van der Waals surface area contributed by atoms with Crippen molar-refractivity contribution >= 4 is 15.7 Å². The largest absolute Gasteiger partial charge is 0.342 e. The molecule has 0 aromatic rings. The minimum absolute atomic E-state index is 0.0942. The molecule has 1 aliphatic heterocycles. The van der Waals surface area contributed by atoms with E-state index in [1.165, 1.54) is 0 Å². The molecule has 0 saturated carbocycles. The van der Waals surface area contributed by atoms with E-state index in [1.54, 1.807) is 4.90 Å². The van der Waals surface area contributed by atoms with E-state index >= 15 is 0 Å². The number of likely N-dealkylation sites (tertiary alicyclic amines) is 1. The van der Waals surface area contributed by atoms with Crippen molar-refractivity contribution in [1.82, 2.24) is 4.90 Å². The maximum Gasteiger partial charge on any atom is 0.237 e. The van der Waals surface area contributed by atoms with Crippen LogP contribution >= 0.6 is 0 Å². The minimum atomic E-state index is -3.36. The summed E-state index contributed by atoms with van der Waals surface area (Å²) in [6, 6.07) is -0.367. The molecule has 1 aliphatic rings. The number of nitrogens with two attached hydrogens (primary N) is 1. The van der Waals surface area contributed by atoms with Gasteiger partial charge >= 0.3 is 0 Å². The van der Waals surface area contributed by atoms with Crippen LogP contribution in [0, 0.1) is 0 Å². The first-order chi connectivity index (χ1) is 7.94. The van der Waals surface area contributed by atoms with E-state index in [2.05, 4.69) is 0 Å². The molecule has 1 fully saturated rings. The molecular weight excluding hydrogens is 240 g/mol. The highest BCUT2D eigenvalue weighted by atomic mass is 32.2. The lowest BCUT2D eigenvalue weighted by Gasteiger charge is -2.26. The summed E-state index contributed by atoms with van der Waals surface area (Å²) in [5.74, 6) is -0.753. The van der Waals surface area contributed by atoms with Gasteiger partial charge < -0.3 is 10.6 Å². The second-order valence-corrected chi connectivity index (χ2v) is 6.77. The number of sulfone groups is 1. The molecule has 100 valence electrons. The quantitative estimate of drug-likeness (QED) is 0.765. The van der Waals surface area contributed by atoms with Crippen molar-refractivity contribution in [3.05, 3.63) is 0 Å². The molecule has 1 rings (SSSR count). The second kappa shape index (κ2) is 6.35. The molecule has 1 atom stereocenters. The summed E-state index contributed by atoms with van der Waals surface area (Å²) in [6.07, 6.45) is 3.68. The smallest absolute Gasteiger partial charge is 0.237 e. The Labute approximate surface area is 103 Å². The Kier molecular flexibility index (Phi) is 5.39. The van der Waals surface area contributed by atoms with E-state index in [1.807, 2.05) is 6.92 Å². The van der Waals surface area contributed by atoms with Gasteiger partial charge in [0.25, 0.3) is 0 Å². The van der Waals surface area contributed by atoms with Crippen molar-refractivity contribution in [2.24, 2.45) is 5.73 Å². The van der Waals surface area contributed by atoms with Crippen LogP contribution < -0.4 is 5.73 Å². The molecule has 0 aliphatic carbocycles. The Morgan fingerprint density at radius 3 is 2.41 bits per heavy atom.